The molecule has 0 aliphatic carbocycles. The molecule has 3 heteroatoms. The minimum Gasteiger partial charge on any atom is -0.309 e. The Labute approximate surface area is 106 Å². The lowest BCUT2D eigenvalue weighted by atomic mass is 10.0. The average molecular weight is 238 g/mol. The predicted molar refractivity (Wildman–Crippen MR) is 72.7 cm³/mol. The van der Waals surface area contributed by atoms with E-state index in [2.05, 4.69) is 28.5 Å². The second kappa shape index (κ2) is 4.26. The van der Waals surface area contributed by atoms with Crippen molar-refractivity contribution in [3.63, 3.8) is 0 Å². The molecule has 0 saturated carbocycles. The van der Waals surface area contributed by atoms with Crippen LogP contribution in [0.4, 0.5) is 0 Å². The van der Waals surface area contributed by atoms with Gasteiger partial charge >= 0.3 is 0 Å². The van der Waals surface area contributed by atoms with Crippen LogP contribution in [0, 0.1) is 0 Å². The van der Waals surface area contributed by atoms with E-state index in [-0.39, 0.29) is 11.9 Å². The number of aliphatic imine (C=N–C) groups is 1. The summed E-state index contributed by atoms with van der Waals surface area (Å²) in [5, 5.41) is 5.15. The van der Waals surface area contributed by atoms with Crippen molar-refractivity contribution in [2.24, 2.45) is 4.99 Å². The van der Waals surface area contributed by atoms with Gasteiger partial charge in [0.25, 0.3) is 0 Å². The van der Waals surface area contributed by atoms with Gasteiger partial charge in [0, 0.05) is 5.56 Å². The summed E-state index contributed by atoms with van der Waals surface area (Å²) in [5.74, 6) is 0.698. The highest BCUT2D eigenvalue weighted by atomic mass is 16.2. The first-order valence-electron chi connectivity index (χ1n) is 6.16. The summed E-state index contributed by atoms with van der Waals surface area (Å²) in [7, 11) is 0. The van der Waals surface area contributed by atoms with Crippen LogP contribution in [0.3, 0.4) is 0 Å². The summed E-state index contributed by atoms with van der Waals surface area (Å²) in [6.07, 6.45) is 0.736. The topological polar surface area (TPSA) is 41.5 Å². The fourth-order valence-corrected chi connectivity index (χ4v) is 2.29. The van der Waals surface area contributed by atoms with Crippen molar-refractivity contribution < 1.29 is 4.79 Å². The Balaban J connectivity index is 2.13. The third-order valence-corrected chi connectivity index (χ3v) is 3.26. The lowest BCUT2D eigenvalue weighted by Crippen LogP contribution is -2.28. The highest BCUT2D eigenvalue weighted by Gasteiger charge is 2.25. The lowest BCUT2D eigenvalue weighted by molar-refractivity contribution is -0.120. The van der Waals surface area contributed by atoms with Crippen LogP contribution in [-0.4, -0.2) is 17.8 Å². The molecule has 3 rings (SSSR count). The Morgan fingerprint density at radius 1 is 1.17 bits per heavy atom. The number of carbonyl (C=O) groups excluding carboxylic acids is 1. The van der Waals surface area contributed by atoms with Crippen molar-refractivity contribution in [1.82, 2.24) is 5.32 Å². The number of nitrogens with zero attached hydrogens (tertiary/aromatic N) is 1. The van der Waals surface area contributed by atoms with Crippen LogP contribution in [0.15, 0.2) is 47.5 Å². The quantitative estimate of drug-likeness (QED) is 0.858. The summed E-state index contributed by atoms with van der Waals surface area (Å²) >= 11 is 0. The van der Waals surface area contributed by atoms with Gasteiger partial charge < -0.3 is 5.32 Å². The van der Waals surface area contributed by atoms with E-state index in [4.69, 9.17) is 0 Å². The Bertz CT molecular complexity index is 640. The second-order valence-corrected chi connectivity index (χ2v) is 4.42. The normalized spacial score (nSPS) is 18.8. The third-order valence-electron chi connectivity index (χ3n) is 3.26. The minimum absolute atomic E-state index is 0.000402. The van der Waals surface area contributed by atoms with Gasteiger partial charge in [-0.2, -0.15) is 0 Å². The van der Waals surface area contributed by atoms with E-state index >= 15 is 0 Å². The zero-order valence-corrected chi connectivity index (χ0v) is 10.2. The van der Waals surface area contributed by atoms with Crippen molar-refractivity contribution in [3.8, 4) is 0 Å². The molecule has 1 aliphatic rings. The number of fused-ring (bicyclic) bond motifs is 1. The first-order valence-corrected chi connectivity index (χ1v) is 6.16. The van der Waals surface area contributed by atoms with Crippen LogP contribution in [0.5, 0.6) is 0 Å². The van der Waals surface area contributed by atoms with Gasteiger partial charge in [-0.3, -0.25) is 9.79 Å². The molecular weight excluding hydrogens is 224 g/mol. The van der Waals surface area contributed by atoms with Crippen molar-refractivity contribution >= 4 is 22.5 Å². The summed E-state index contributed by atoms with van der Waals surface area (Å²) < 4.78 is 0. The van der Waals surface area contributed by atoms with Crippen LogP contribution < -0.4 is 5.32 Å². The Kier molecular flexibility index (Phi) is 2.59. The SMILES string of the molecule is CCC1N=C(c2cccc3ccccc23)NC1=O. The van der Waals surface area contributed by atoms with Gasteiger partial charge in [-0.05, 0) is 17.2 Å². The van der Waals surface area contributed by atoms with Crippen LogP contribution >= 0.6 is 0 Å². The van der Waals surface area contributed by atoms with Gasteiger partial charge in [0.1, 0.15) is 11.9 Å². The first-order chi connectivity index (χ1) is 8.79. The molecule has 0 fully saturated rings. The number of hydrogen-bond acceptors (Lipinski definition) is 2. The summed E-state index contributed by atoms with van der Waals surface area (Å²) in [6, 6.07) is 13.9. The Morgan fingerprint density at radius 3 is 2.72 bits per heavy atom. The molecule has 1 heterocycles. The molecule has 0 saturated heterocycles. The summed E-state index contributed by atoms with van der Waals surface area (Å²) in [5.41, 5.74) is 0.998. The van der Waals surface area contributed by atoms with Gasteiger partial charge in [0.05, 0.1) is 0 Å². The minimum atomic E-state index is -0.237. The number of amidine groups is 1. The molecule has 18 heavy (non-hydrogen) atoms. The van der Waals surface area contributed by atoms with Crippen LogP contribution in [-0.2, 0) is 4.79 Å². The van der Waals surface area contributed by atoms with Crippen molar-refractivity contribution in [2.45, 2.75) is 19.4 Å². The number of rotatable bonds is 2. The van der Waals surface area contributed by atoms with Gasteiger partial charge in [-0.1, -0.05) is 49.4 Å². The standard InChI is InChI=1S/C15H14N2O/c1-2-13-15(18)17-14(16-13)12-9-5-7-10-6-3-4-8-11(10)12/h3-9,13H,2H2,1H3,(H,16,17,18). The molecule has 1 unspecified atom stereocenters. The smallest absolute Gasteiger partial charge is 0.250 e. The third kappa shape index (κ3) is 1.68. The Morgan fingerprint density at radius 2 is 1.94 bits per heavy atom. The average Bonchev–Trinajstić information content (AvgIpc) is 2.79. The van der Waals surface area contributed by atoms with Crippen molar-refractivity contribution in [1.29, 1.82) is 0 Å². The molecule has 1 aliphatic heterocycles. The van der Waals surface area contributed by atoms with Crippen molar-refractivity contribution in [2.75, 3.05) is 0 Å². The van der Waals surface area contributed by atoms with Gasteiger partial charge in [-0.25, -0.2) is 0 Å². The molecule has 0 radical (unpaired) electrons. The maximum Gasteiger partial charge on any atom is 0.250 e. The highest BCUT2D eigenvalue weighted by Crippen LogP contribution is 2.20. The maximum atomic E-state index is 11.7. The van der Waals surface area contributed by atoms with Crippen molar-refractivity contribution in [3.05, 3.63) is 48.0 Å². The molecular formula is C15H14N2O. The van der Waals surface area contributed by atoms with Gasteiger partial charge in [0.2, 0.25) is 5.91 Å². The van der Waals surface area contributed by atoms with E-state index in [1.54, 1.807) is 0 Å². The monoisotopic (exact) mass is 238 g/mol. The molecule has 1 N–H and O–H groups in total. The largest absolute Gasteiger partial charge is 0.309 e. The van der Waals surface area contributed by atoms with E-state index in [0.29, 0.717) is 5.84 Å². The molecule has 2 aromatic carbocycles. The molecule has 2 aromatic rings. The molecule has 0 aromatic heterocycles. The molecule has 0 spiro atoms. The van der Waals surface area contributed by atoms with Gasteiger partial charge in [0.15, 0.2) is 0 Å². The number of amides is 1. The summed E-state index contributed by atoms with van der Waals surface area (Å²) in [4.78, 5) is 16.2. The van der Waals surface area contributed by atoms with E-state index in [1.807, 2.05) is 31.2 Å². The fourth-order valence-electron chi connectivity index (χ4n) is 2.29. The Hall–Kier alpha value is -2.16. The van der Waals surface area contributed by atoms with E-state index in [9.17, 15) is 4.79 Å². The fraction of sp³-hybridized carbons (Fsp3) is 0.200. The van der Waals surface area contributed by atoms with E-state index in [0.717, 1.165) is 22.8 Å². The lowest BCUT2D eigenvalue weighted by Gasteiger charge is -2.05. The van der Waals surface area contributed by atoms with Crippen LogP contribution in [0.1, 0.15) is 18.9 Å². The number of hydrogen-bond donors (Lipinski definition) is 1. The number of carbonyl (C=O) groups is 1. The maximum absolute atomic E-state index is 11.7. The van der Waals surface area contributed by atoms with Crippen LogP contribution in [0.2, 0.25) is 0 Å². The molecule has 1 amide bonds. The molecule has 1 atom stereocenters. The summed E-state index contributed by atoms with van der Waals surface area (Å²) in [6.45, 7) is 1.97. The predicted octanol–water partition coefficient (Wildman–Crippen LogP) is 2.49. The second-order valence-electron chi connectivity index (χ2n) is 4.42. The zero-order valence-electron chi connectivity index (χ0n) is 10.2. The molecule has 3 nitrogen and oxygen atoms in total. The number of benzene rings is 2. The molecule has 0 bridgehead atoms. The van der Waals surface area contributed by atoms with E-state index < -0.39 is 0 Å². The zero-order chi connectivity index (χ0) is 12.5. The molecule has 90 valence electrons. The first kappa shape index (κ1) is 11.0. The van der Waals surface area contributed by atoms with Crippen LogP contribution in [0.25, 0.3) is 10.8 Å². The highest BCUT2D eigenvalue weighted by molar-refractivity contribution is 6.18. The van der Waals surface area contributed by atoms with Gasteiger partial charge in [-0.15, -0.1) is 0 Å². The van der Waals surface area contributed by atoms with E-state index in [1.165, 1.54) is 0 Å². The number of nitrogens with one attached hydrogen (secondary N) is 1.